The van der Waals surface area contributed by atoms with E-state index in [1.54, 1.807) is 0 Å². The van der Waals surface area contributed by atoms with Gasteiger partial charge < -0.3 is 4.57 Å². The summed E-state index contributed by atoms with van der Waals surface area (Å²) < 4.78 is 4.74. The largest absolute Gasteiger partial charge is 0.309 e. The SMILES string of the molecule is c1ccc(-n2c3ccccc3c3c4c5ccccc5n(-c5nc6ccccc6nc5-c5ccc([Si](c6ccccc6)(c6ccccc6)c6ccccc6)cc5)c4ccc32)cc1. The Morgan fingerprint density at radius 3 is 1.26 bits per heavy atom. The van der Waals surface area contributed by atoms with Crippen molar-refractivity contribution >= 4 is 83.5 Å². The summed E-state index contributed by atoms with van der Waals surface area (Å²) in [7, 11) is -2.72. The molecular formula is C56H38N4Si. The second kappa shape index (κ2) is 14.2. The molecule has 61 heavy (non-hydrogen) atoms. The summed E-state index contributed by atoms with van der Waals surface area (Å²) in [6.45, 7) is 0. The molecule has 0 fully saturated rings. The van der Waals surface area contributed by atoms with Gasteiger partial charge in [-0.2, -0.15) is 0 Å². The molecule has 9 aromatic carbocycles. The molecule has 5 heteroatoms. The Morgan fingerprint density at radius 2 is 0.721 bits per heavy atom. The van der Waals surface area contributed by atoms with Crippen molar-refractivity contribution in [1.82, 2.24) is 19.1 Å². The molecule has 0 amide bonds. The molecule has 0 bridgehead atoms. The maximum Gasteiger partial charge on any atom is 0.179 e. The zero-order valence-electron chi connectivity index (χ0n) is 33.2. The van der Waals surface area contributed by atoms with Gasteiger partial charge in [-0.3, -0.25) is 4.57 Å². The number of fused-ring (bicyclic) bond motifs is 8. The Labute approximate surface area is 354 Å². The summed E-state index contributed by atoms with van der Waals surface area (Å²) in [6, 6.07) is 83.5. The lowest BCUT2D eigenvalue weighted by Gasteiger charge is -2.34. The Bertz CT molecular complexity index is 3460. The van der Waals surface area contributed by atoms with E-state index in [9.17, 15) is 0 Å². The van der Waals surface area contributed by atoms with Crippen molar-refractivity contribution in [3.8, 4) is 22.8 Å². The van der Waals surface area contributed by atoms with E-state index >= 15 is 0 Å². The van der Waals surface area contributed by atoms with Crippen LogP contribution in [-0.4, -0.2) is 27.2 Å². The molecule has 0 aliphatic rings. The number of aromatic nitrogens is 4. The van der Waals surface area contributed by atoms with E-state index in [1.807, 2.05) is 12.1 Å². The van der Waals surface area contributed by atoms with Gasteiger partial charge in [-0.05, 0) is 69.3 Å². The highest BCUT2D eigenvalue weighted by Crippen LogP contribution is 2.43. The molecule has 0 unspecified atom stereocenters. The van der Waals surface area contributed by atoms with Crippen LogP contribution < -0.4 is 20.7 Å². The fourth-order valence-electron chi connectivity index (χ4n) is 9.88. The van der Waals surface area contributed by atoms with Gasteiger partial charge >= 0.3 is 0 Å². The molecule has 286 valence electrons. The molecule has 0 radical (unpaired) electrons. The molecule has 0 atom stereocenters. The normalized spacial score (nSPS) is 11.9. The summed E-state index contributed by atoms with van der Waals surface area (Å²) in [6.07, 6.45) is 0. The van der Waals surface area contributed by atoms with Gasteiger partial charge in [0.2, 0.25) is 0 Å². The van der Waals surface area contributed by atoms with Gasteiger partial charge in [-0.1, -0.05) is 182 Å². The zero-order chi connectivity index (χ0) is 40.3. The number of hydrogen-bond donors (Lipinski definition) is 0. The highest BCUT2D eigenvalue weighted by Gasteiger charge is 2.41. The third-order valence-corrected chi connectivity index (χ3v) is 17.3. The first-order valence-electron chi connectivity index (χ1n) is 20.8. The average molecular weight is 795 g/mol. The van der Waals surface area contributed by atoms with Crippen LogP contribution in [0.3, 0.4) is 0 Å². The Kier molecular flexibility index (Phi) is 8.15. The van der Waals surface area contributed by atoms with E-state index in [2.05, 4.69) is 228 Å². The van der Waals surface area contributed by atoms with E-state index in [1.165, 1.54) is 53.3 Å². The molecule has 12 rings (SSSR count). The van der Waals surface area contributed by atoms with Gasteiger partial charge in [0, 0.05) is 32.8 Å². The summed E-state index contributed by atoms with van der Waals surface area (Å²) >= 11 is 0. The quantitative estimate of drug-likeness (QED) is 0.119. The molecule has 0 aliphatic heterocycles. The standard InChI is InChI=1S/C56H38N4Si/c1-5-19-40(20-6-1)59-49-31-17-13-27-45(49)53-51(59)37-38-52-54(53)46-28-14-18-32-50(46)60(52)56-55(57-47-29-15-16-30-48(47)58-56)39-33-35-44(36-34-39)61(41-21-7-2-8-22-41,42-23-9-3-10-24-42)43-25-11-4-12-26-43/h1-38H. The van der Waals surface area contributed by atoms with Gasteiger partial charge in [0.1, 0.15) is 5.69 Å². The number of benzene rings is 9. The van der Waals surface area contributed by atoms with E-state index in [-0.39, 0.29) is 0 Å². The third-order valence-electron chi connectivity index (χ3n) is 12.5. The Hall–Kier alpha value is -7.86. The van der Waals surface area contributed by atoms with Crippen LogP contribution in [-0.2, 0) is 0 Å². The summed E-state index contributed by atoms with van der Waals surface area (Å²) in [5.41, 5.74) is 9.25. The number of hydrogen-bond acceptors (Lipinski definition) is 2. The van der Waals surface area contributed by atoms with Crippen LogP contribution in [0.15, 0.2) is 231 Å². The smallest absolute Gasteiger partial charge is 0.179 e. The predicted octanol–water partition coefficient (Wildman–Crippen LogP) is 10.9. The molecular weight excluding hydrogens is 757 g/mol. The van der Waals surface area contributed by atoms with Crippen molar-refractivity contribution in [2.75, 3.05) is 0 Å². The van der Waals surface area contributed by atoms with Gasteiger partial charge in [0.05, 0.1) is 33.1 Å². The van der Waals surface area contributed by atoms with E-state index in [0.29, 0.717) is 0 Å². The fourth-order valence-corrected chi connectivity index (χ4v) is 14.6. The predicted molar refractivity (Wildman–Crippen MR) is 257 cm³/mol. The molecule has 3 aromatic heterocycles. The number of rotatable bonds is 7. The van der Waals surface area contributed by atoms with E-state index < -0.39 is 8.07 Å². The summed E-state index contributed by atoms with van der Waals surface area (Å²) in [5.74, 6) is 0.807. The van der Waals surface area contributed by atoms with Crippen LogP contribution in [0.4, 0.5) is 0 Å². The minimum absolute atomic E-state index is 0.807. The van der Waals surface area contributed by atoms with Crippen molar-refractivity contribution in [3.63, 3.8) is 0 Å². The van der Waals surface area contributed by atoms with Crippen molar-refractivity contribution in [1.29, 1.82) is 0 Å². The number of para-hydroxylation sites is 5. The first kappa shape index (κ1) is 35.1. The third kappa shape index (κ3) is 5.38. The topological polar surface area (TPSA) is 35.6 Å². The van der Waals surface area contributed by atoms with Gasteiger partial charge in [0.15, 0.2) is 13.9 Å². The second-order valence-corrected chi connectivity index (χ2v) is 19.5. The first-order chi connectivity index (χ1) is 30.3. The van der Waals surface area contributed by atoms with Gasteiger partial charge in [-0.15, -0.1) is 0 Å². The van der Waals surface area contributed by atoms with Crippen LogP contribution >= 0.6 is 0 Å². The highest BCUT2D eigenvalue weighted by molar-refractivity contribution is 7.19. The van der Waals surface area contributed by atoms with E-state index in [0.717, 1.165) is 44.8 Å². The average Bonchev–Trinajstić information content (AvgIpc) is 3.86. The van der Waals surface area contributed by atoms with E-state index in [4.69, 9.17) is 9.97 Å². The van der Waals surface area contributed by atoms with Crippen molar-refractivity contribution in [3.05, 3.63) is 231 Å². The summed E-state index contributed by atoms with van der Waals surface area (Å²) in [5, 5.41) is 10.2. The van der Waals surface area contributed by atoms with Crippen LogP contribution in [0.2, 0.25) is 0 Å². The van der Waals surface area contributed by atoms with Crippen molar-refractivity contribution in [2.24, 2.45) is 0 Å². The molecule has 12 aromatic rings. The summed E-state index contributed by atoms with van der Waals surface area (Å²) in [4.78, 5) is 11.0. The van der Waals surface area contributed by atoms with Crippen LogP contribution in [0.25, 0.3) is 77.4 Å². The first-order valence-corrected chi connectivity index (χ1v) is 22.8. The monoisotopic (exact) mass is 794 g/mol. The lowest BCUT2D eigenvalue weighted by molar-refractivity contribution is 1.08. The lowest BCUT2D eigenvalue weighted by Crippen LogP contribution is -2.74. The van der Waals surface area contributed by atoms with Crippen molar-refractivity contribution in [2.45, 2.75) is 0 Å². The maximum atomic E-state index is 5.51. The van der Waals surface area contributed by atoms with Gasteiger partial charge in [-0.25, -0.2) is 9.97 Å². The lowest BCUT2D eigenvalue weighted by atomic mass is 10.1. The maximum absolute atomic E-state index is 5.51. The number of nitrogens with zero attached hydrogens (tertiary/aromatic N) is 4. The molecule has 0 spiro atoms. The molecule has 0 saturated heterocycles. The van der Waals surface area contributed by atoms with Crippen molar-refractivity contribution < 1.29 is 0 Å². The molecule has 0 N–H and O–H groups in total. The minimum atomic E-state index is -2.72. The molecule has 0 aliphatic carbocycles. The van der Waals surface area contributed by atoms with Crippen LogP contribution in [0.1, 0.15) is 0 Å². The van der Waals surface area contributed by atoms with Crippen LogP contribution in [0, 0.1) is 0 Å². The van der Waals surface area contributed by atoms with Crippen LogP contribution in [0.5, 0.6) is 0 Å². The molecule has 0 saturated carbocycles. The Morgan fingerprint density at radius 1 is 0.311 bits per heavy atom. The second-order valence-electron chi connectivity index (χ2n) is 15.7. The molecule has 4 nitrogen and oxygen atoms in total. The molecule has 3 heterocycles. The Balaban J connectivity index is 1.13. The highest BCUT2D eigenvalue weighted by atomic mass is 28.3. The zero-order valence-corrected chi connectivity index (χ0v) is 34.2. The minimum Gasteiger partial charge on any atom is -0.309 e. The fraction of sp³-hybridized carbons (Fsp3) is 0. The van der Waals surface area contributed by atoms with Gasteiger partial charge in [0.25, 0.3) is 0 Å².